The molecule has 5 rings (SSSR count). The number of aromatic nitrogens is 4. The molecule has 0 radical (unpaired) electrons. The molecule has 2 aromatic heterocycles. The average Bonchev–Trinajstić information content (AvgIpc) is 3.31. The van der Waals surface area contributed by atoms with Crippen molar-refractivity contribution >= 4 is 16.8 Å². The van der Waals surface area contributed by atoms with E-state index in [2.05, 4.69) is 23.1 Å². The molecule has 1 N–H and O–H groups in total. The number of para-hydroxylation sites is 1. The number of amides is 1. The van der Waals surface area contributed by atoms with E-state index < -0.39 is 0 Å². The van der Waals surface area contributed by atoms with Gasteiger partial charge in [-0.25, -0.2) is 9.67 Å². The number of carbonyl (C=O) groups excluding carboxylic acids is 1. The van der Waals surface area contributed by atoms with Gasteiger partial charge in [0, 0.05) is 23.2 Å². The fraction of sp³-hybridized carbons (Fsp3) is 0.261. The molecule has 1 amide bonds. The largest absolute Gasteiger partial charge is 0.358 e. The first-order valence-electron chi connectivity index (χ1n) is 9.93. The predicted octanol–water partition coefficient (Wildman–Crippen LogP) is 4.26. The van der Waals surface area contributed by atoms with Crippen LogP contribution in [0.2, 0.25) is 0 Å². The fourth-order valence-electron chi connectivity index (χ4n) is 4.17. The van der Waals surface area contributed by atoms with Gasteiger partial charge in [-0.3, -0.25) is 4.79 Å². The number of H-pyrrole nitrogens is 1. The predicted molar refractivity (Wildman–Crippen MR) is 113 cm³/mol. The van der Waals surface area contributed by atoms with Crippen molar-refractivity contribution in [1.29, 1.82) is 0 Å². The van der Waals surface area contributed by atoms with Crippen LogP contribution in [0.1, 0.15) is 40.4 Å². The van der Waals surface area contributed by atoms with Crippen molar-refractivity contribution in [1.82, 2.24) is 24.6 Å². The molecule has 4 aromatic rings. The Morgan fingerprint density at radius 3 is 2.66 bits per heavy atom. The third-order valence-corrected chi connectivity index (χ3v) is 5.96. The van der Waals surface area contributed by atoms with Crippen molar-refractivity contribution in [2.24, 2.45) is 0 Å². The Labute approximate surface area is 169 Å². The van der Waals surface area contributed by atoms with E-state index in [1.807, 2.05) is 65.9 Å². The molecule has 0 aliphatic carbocycles. The van der Waals surface area contributed by atoms with E-state index in [9.17, 15) is 4.79 Å². The summed E-state index contributed by atoms with van der Waals surface area (Å²) in [5.41, 5.74) is 4.90. The summed E-state index contributed by atoms with van der Waals surface area (Å²) in [6.07, 6.45) is 0. The minimum absolute atomic E-state index is 0.0276. The maximum absolute atomic E-state index is 13.5. The number of rotatable bonds is 2. The van der Waals surface area contributed by atoms with Crippen LogP contribution in [0.5, 0.6) is 0 Å². The van der Waals surface area contributed by atoms with Gasteiger partial charge in [0.05, 0.1) is 23.7 Å². The van der Waals surface area contributed by atoms with Crippen LogP contribution >= 0.6 is 0 Å². The molecular weight excluding hydrogens is 362 g/mol. The minimum atomic E-state index is -0.145. The van der Waals surface area contributed by atoms with Gasteiger partial charge < -0.3 is 9.88 Å². The number of benzene rings is 2. The molecule has 1 atom stereocenters. The summed E-state index contributed by atoms with van der Waals surface area (Å²) in [7, 11) is 0. The van der Waals surface area contributed by atoms with Crippen LogP contribution in [0.3, 0.4) is 0 Å². The maximum atomic E-state index is 13.5. The van der Waals surface area contributed by atoms with Crippen LogP contribution in [-0.2, 0) is 6.54 Å². The summed E-state index contributed by atoms with van der Waals surface area (Å²) in [4.78, 5) is 23.5. The highest BCUT2D eigenvalue weighted by Gasteiger charge is 2.32. The molecule has 3 heterocycles. The Hall–Kier alpha value is -3.41. The van der Waals surface area contributed by atoms with Gasteiger partial charge in [-0.1, -0.05) is 42.5 Å². The molecule has 0 spiro atoms. The van der Waals surface area contributed by atoms with Gasteiger partial charge in [0.25, 0.3) is 5.91 Å². The fourth-order valence-corrected chi connectivity index (χ4v) is 4.17. The number of carbonyl (C=O) groups is 1. The minimum Gasteiger partial charge on any atom is -0.358 e. The standard InChI is InChI=1S/C23H23N5O/c1-14-15(2)24-20-18(14)10-7-11-19(20)23(29)27-12-13-28-22(16(27)3)25-21(26-28)17-8-5-4-6-9-17/h4-11,16,24H,12-13H2,1-3H3/t16-/m0/s1. The molecule has 0 saturated carbocycles. The van der Waals surface area contributed by atoms with Gasteiger partial charge >= 0.3 is 0 Å². The lowest BCUT2D eigenvalue weighted by atomic mass is 10.1. The van der Waals surface area contributed by atoms with E-state index in [1.54, 1.807) is 0 Å². The van der Waals surface area contributed by atoms with Gasteiger partial charge in [-0.05, 0) is 32.4 Å². The van der Waals surface area contributed by atoms with Crippen LogP contribution in [0, 0.1) is 13.8 Å². The van der Waals surface area contributed by atoms with Gasteiger partial charge in [-0.15, -0.1) is 0 Å². The monoisotopic (exact) mass is 385 g/mol. The normalized spacial score (nSPS) is 16.2. The highest BCUT2D eigenvalue weighted by molar-refractivity contribution is 6.06. The summed E-state index contributed by atoms with van der Waals surface area (Å²) < 4.78 is 1.93. The summed E-state index contributed by atoms with van der Waals surface area (Å²) in [5.74, 6) is 1.56. The van der Waals surface area contributed by atoms with E-state index in [-0.39, 0.29) is 11.9 Å². The highest BCUT2D eigenvalue weighted by atomic mass is 16.2. The molecule has 6 nitrogen and oxygen atoms in total. The van der Waals surface area contributed by atoms with Crippen molar-refractivity contribution in [2.75, 3.05) is 6.54 Å². The second-order valence-electron chi connectivity index (χ2n) is 7.66. The summed E-state index contributed by atoms with van der Waals surface area (Å²) >= 11 is 0. The number of fused-ring (bicyclic) bond motifs is 2. The molecule has 0 fully saturated rings. The number of nitrogens with zero attached hydrogens (tertiary/aromatic N) is 4. The van der Waals surface area contributed by atoms with Gasteiger partial charge in [0.2, 0.25) is 0 Å². The Morgan fingerprint density at radius 1 is 1.07 bits per heavy atom. The zero-order valence-corrected chi connectivity index (χ0v) is 16.8. The number of aromatic amines is 1. The first-order valence-corrected chi connectivity index (χ1v) is 9.93. The molecule has 1 aliphatic heterocycles. The van der Waals surface area contributed by atoms with E-state index in [0.29, 0.717) is 24.5 Å². The lowest BCUT2D eigenvalue weighted by Gasteiger charge is -2.33. The van der Waals surface area contributed by atoms with Crippen LogP contribution in [0.25, 0.3) is 22.3 Å². The number of aryl methyl sites for hydroxylation is 2. The zero-order chi connectivity index (χ0) is 20.1. The molecule has 0 bridgehead atoms. The first kappa shape index (κ1) is 17.7. The number of hydrogen-bond acceptors (Lipinski definition) is 3. The zero-order valence-electron chi connectivity index (χ0n) is 16.8. The van der Waals surface area contributed by atoms with E-state index in [0.717, 1.165) is 28.0 Å². The number of nitrogens with one attached hydrogen (secondary N) is 1. The molecule has 146 valence electrons. The Bertz CT molecular complexity index is 1220. The van der Waals surface area contributed by atoms with Crippen LogP contribution in [0.4, 0.5) is 0 Å². The van der Waals surface area contributed by atoms with Crippen molar-refractivity contribution in [2.45, 2.75) is 33.4 Å². The Balaban J connectivity index is 1.51. The third-order valence-electron chi connectivity index (χ3n) is 5.96. The molecule has 2 aromatic carbocycles. The quantitative estimate of drug-likeness (QED) is 0.561. The third kappa shape index (κ3) is 2.75. The Kier molecular flexibility index (Phi) is 4.01. The molecular formula is C23H23N5O. The first-order chi connectivity index (χ1) is 14.0. The van der Waals surface area contributed by atoms with E-state index in [1.165, 1.54) is 5.56 Å². The molecule has 6 heteroatoms. The summed E-state index contributed by atoms with van der Waals surface area (Å²) in [6, 6.07) is 15.7. The molecule has 0 unspecified atom stereocenters. The van der Waals surface area contributed by atoms with Crippen molar-refractivity contribution < 1.29 is 4.79 Å². The van der Waals surface area contributed by atoms with Gasteiger partial charge in [0.15, 0.2) is 5.82 Å². The van der Waals surface area contributed by atoms with Gasteiger partial charge in [0.1, 0.15) is 5.82 Å². The summed E-state index contributed by atoms with van der Waals surface area (Å²) in [6.45, 7) is 7.40. The van der Waals surface area contributed by atoms with Crippen molar-refractivity contribution in [3.8, 4) is 11.4 Å². The smallest absolute Gasteiger partial charge is 0.256 e. The average molecular weight is 385 g/mol. The van der Waals surface area contributed by atoms with Crippen molar-refractivity contribution in [3.63, 3.8) is 0 Å². The van der Waals surface area contributed by atoms with Gasteiger partial charge in [-0.2, -0.15) is 5.10 Å². The highest BCUT2D eigenvalue weighted by Crippen LogP contribution is 2.30. The second-order valence-corrected chi connectivity index (χ2v) is 7.66. The topological polar surface area (TPSA) is 66.8 Å². The molecule has 29 heavy (non-hydrogen) atoms. The van der Waals surface area contributed by atoms with Crippen LogP contribution in [-0.4, -0.2) is 37.1 Å². The molecule has 0 saturated heterocycles. The Morgan fingerprint density at radius 2 is 1.86 bits per heavy atom. The lowest BCUT2D eigenvalue weighted by Crippen LogP contribution is -2.41. The molecule has 1 aliphatic rings. The van der Waals surface area contributed by atoms with E-state index in [4.69, 9.17) is 4.98 Å². The lowest BCUT2D eigenvalue weighted by molar-refractivity contribution is 0.0632. The summed E-state index contributed by atoms with van der Waals surface area (Å²) in [5, 5.41) is 5.77. The SMILES string of the molecule is Cc1[nH]c2c(C(=O)N3CCn4nc(-c5ccccc5)nc4[C@@H]3C)cccc2c1C. The van der Waals surface area contributed by atoms with Crippen LogP contribution < -0.4 is 0 Å². The number of hydrogen-bond donors (Lipinski definition) is 1. The second kappa shape index (κ2) is 6.58. The van der Waals surface area contributed by atoms with Crippen molar-refractivity contribution in [3.05, 3.63) is 71.2 Å². The van der Waals surface area contributed by atoms with Crippen LogP contribution in [0.15, 0.2) is 48.5 Å². The maximum Gasteiger partial charge on any atom is 0.256 e. The van der Waals surface area contributed by atoms with E-state index >= 15 is 0 Å².